The predicted molar refractivity (Wildman–Crippen MR) is 71.4 cm³/mol. The first-order chi connectivity index (χ1) is 7.43. The van der Waals surface area contributed by atoms with Crippen LogP contribution in [-0.4, -0.2) is 30.6 Å². The lowest BCUT2D eigenvalue weighted by Gasteiger charge is -2.48. The van der Waals surface area contributed by atoms with Crippen LogP contribution in [0.4, 0.5) is 0 Å². The van der Waals surface area contributed by atoms with Crippen molar-refractivity contribution in [3.63, 3.8) is 0 Å². The van der Waals surface area contributed by atoms with Crippen molar-refractivity contribution in [1.29, 1.82) is 0 Å². The van der Waals surface area contributed by atoms with Crippen molar-refractivity contribution >= 4 is 0 Å². The van der Waals surface area contributed by atoms with Crippen LogP contribution < -0.4 is 5.73 Å². The Morgan fingerprint density at radius 3 is 2.25 bits per heavy atom. The molecule has 3 atom stereocenters. The topological polar surface area (TPSA) is 29.3 Å². The molecule has 0 spiro atoms. The summed E-state index contributed by atoms with van der Waals surface area (Å²) in [6, 6.07) is 0.406. The van der Waals surface area contributed by atoms with Gasteiger partial charge in [-0.15, -0.1) is 0 Å². The smallest absolute Gasteiger partial charge is 0.00698 e. The van der Waals surface area contributed by atoms with Crippen molar-refractivity contribution in [2.45, 2.75) is 53.5 Å². The van der Waals surface area contributed by atoms with Crippen molar-refractivity contribution in [2.24, 2.45) is 23.0 Å². The van der Waals surface area contributed by atoms with Crippen molar-refractivity contribution in [3.8, 4) is 0 Å². The van der Waals surface area contributed by atoms with E-state index in [-0.39, 0.29) is 0 Å². The molecule has 2 heteroatoms. The highest BCUT2D eigenvalue weighted by atomic mass is 15.1. The Kier molecular flexibility index (Phi) is 4.81. The van der Waals surface area contributed by atoms with Gasteiger partial charge in [-0.1, -0.05) is 34.6 Å². The van der Waals surface area contributed by atoms with E-state index in [0.29, 0.717) is 17.4 Å². The Labute approximate surface area is 102 Å². The molecule has 0 heterocycles. The summed E-state index contributed by atoms with van der Waals surface area (Å²) in [7, 11) is 0. The maximum absolute atomic E-state index is 6.20. The average Bonchev–Trinajstić information content (AvgIpc) is 2.26. The van der Waals surface area contributed by atoms with E-state index in [0.717, 1.165) is 5.92 Å². The molecular formula is C14H30N2. The fraction of sp³-hybridized carbons (Fsp3) is 1.00. The van der Waals surface area contributed by atoms with Crippen LogP contribution in [0.3, 0.4) is 0 Å². The average molecular weight is 226 g/mol. The van der Waals surface area contributed by atoms with E-state index in [2.05, 4.69) is 39.5 Å². The lowest BCUT2D eigenvalue weighted by Crippen LogP contribution is -2.50. The summed E-state index contributed by atoms with van der Waals surface area (Å²) in [5.74, 6) is 1.45. The number of hydrogen-bond donors (Lipinski definition) is 1. The van der Waals surface area contributed by atoms with Crippen molar-refractivity contribution in [2.75, 3.05) is 19.6 Å². The lowest BCUT2D eigenvalue weighted by atomic mass is 9.61. The highest BCUT2D eigenvalue weighted by Gasteiger charge is 2.41. The van der Waals surface area contributed by atoms with Crippen LogP contribution in [0, 0.1) is 17.3 Å². The zero-order valence-corrected chi connectivity index (χ0v) is 11.8. The summed E-state index contributed by atoms with van der Waals surface area (Å²) in [4.78, 5) is 2.55. The van der Waals surface area contributed by atoms with Crippen LogP contribution in [0.5, 0.6) is 0 Å². The van der Waals surface area contributed by atoms with Crippen LogP contribution in [-0.2, 0) is 0 Å². The van der Waals surface area contributed by atoms with Gasteiger partial charge in [0.1, 0.15) is 0 Å². The first-order valence-electron chi connectivity index (χ1n) is 6.91. The second kappa shape index (κ2) is 5.50. The molecule has 0 bridgehead atoms. The van der Waals surface area contributed by atoms with Gasteiger partial charge in [0.15, 0.2) is 0 Å². The molecule has 1 saturated carbocycles. The summed E-state index contributed by atoms with van der Waals surface area (Å²) in [6.07, 6.45) is 2.51. The van der Waals surface area contributed by atoms with E-state index >= 15 is 0 Å². The number of nitrogens with zero attached hydrogens (tertiary/aromatic N) is 1. The second-order valence-electron chi connectivity index (χ2n) is 6.03. The van der Waals surface area contributed by atoms with E-state index in [1.165, 1.54) is 32.5 Å². The zero-order valence-electron chi connectivity index (χ0n) is 11.8. The monoisotopic (exact) mass is 226 g/mol. The second-order valence-corrected chi connectivity index (χ2v) is 6.03. The minimum atomic E-state index is 0.389. The van der Waals surface area contributed by atoms with E-state index in [9.17, 15) is 0 Å². The Morgan fingerprint density at radius 1 is 1.19 bits per heavy atom. The third-order valence-electron chi connectivity index (χ3n) is 5.09. The van der Waals surface area contributed by atoms with Gasteiger partial charge in [-0.2, -0.15) is 0 Å². The van der Waals surface area contributed by atoms with E-state index < -0.39 is 0 Å². The minimum absolute atomic E-state index is 0.389. The highest BCUT2D eigenvalue weighted by Crippen LogP contribution is 2.44. The number of nitrogens with two attached hydrogens (primary N) is 1. The number of hydrogen-bond acceptors (Lipinski definition) is 2. The van der Waals surface area contributed by atoms with Crippen molar-refractivity contribution < 1.29 is 0 Å². The molecule has 0 amide bonds. The summed E-state index contributed by atoms with van der Waals surface area (Å²) < 4.78 is 0. The van der Waals surface area contributed by atoms with E-state index in [1.807, 2.05) is 0 Å². The van der Waals surface area contributed by atoms with Crippen LogP contribution in [0.15, 0.2) is 0 Å². The normalized spacial score (nSPS) is 34.3. The standard InChI is InChI=1S/C14H30N2/c1-6-16(7-2)10-12-8-9-13(15)11(3)14(12,4)5/h11-13H,6-10,15H2,1-5H3. The highest BCUT2D eigenvalue weighted by molar-refractivity contribution is 4.94. The number of rotatable bonds is 4. The molecule has 1 fully saturated rings. The van der Waals surface area contributed by atoms with Crippen LogP contribution in [0.1, 0.15) is 47.5 Å². The third-order valence-corrected chi connectivity index (χ3v) is 5.09. The molecule has 16 heavy (non-hydrogen) atoms. The molecule has 1 aliphatic carbocycles. The molecular weight excluding hydrogens is 196 g/mol. The summed E-state index contributed by atoms with van der Waals surface area (Å²) >= 11 is 0. The molecule has 96 valence electrons. The summed E-state index contributed by atoms with van der Waals surface area (Å²) in [5, 5.41) is 0. The molecule has 0 aliphatic heterocycles. The molecule has 2 nitrogen and oxygen atoms in total. The third kappa shape index (κ3) is 2.78. The fourth-order valence-electron chi connectivity index (χ4n) is 3.06. The Balaban J connectivity index is 2.66. The molecule has 0 aromatic rings. The first-order valence-corrected chi connectivity index (χ1v) is 6.91. The van der Waals surface area contributed by atoms with E-state index in [4.69, 9.17) is 5.73 Å². The van der Waals surface area contributed by atoms with Crippen LogP contribution in [0.2, 0.25) is 0 Å². The van der Waals surface area contributed by atoms with Gasteiger partial charge in [-0.05, 0) is 43.2 Å². The van der Waals surface area contributed by atoms with Gasteiger partial charge in [0.2, 0.25) is 0 Å². The van der Waals surface area contributed by atoms with Gasteiger partial charge in [-0.3, -0.25) is 0 Å². The zero-order chi connectivity index (χ0) is 12.3. The summed E-state index contributed by atoms with van der Waals surface area (Å²) in [5.41, 5.74) is 6.59. The molecule has 1 aliphatic rings. The largest absolute Gasteiger partial charge is 0.327 e. The van der Waals surface area contributed by atoms with Crippen LogP contribution in [0.25, 0.3) is 0 Å². The quantitative estimate of drug-likeness (QED) is 0.798. The van der Waals surface area contributed by atoms with Gasteiger partial charge in [-0.25, -0.2) is 0 Å². The first kappa shape index (κ1) is 14.0. The van der Waals surface area contributed by atoms with E-state index in [1.54, 1.807) is 0 Å². The Hall–Kier alpha value is -0.0800. The van der Waals surface area contributed by atoms with Gasteiger partial charge >= 0.3 is 0 Å². The maximum Gasteiger partial charge on any atom is 0.00698 e. The Bertz CT molecular complexity index is 209. The Morgan fingerprint density at radius 2 is 1.75 bits per heavy atom. The van der Waals surface area contributed by atoms with Gasteiger partial charge in [0.05, 0.1) is 0 Å². The predicted octanol–water partition coefficient (Wildman–Crippen LogP) is 2.73. The molecule has 0 saturated heterocycles. The molecule has 1 rings (SSSR count). The molecule has 0 aromatic carbocycles. The van der Waals surface area contributed by atoms with Crippen LogP contribution >= 0.6 is 0 Å². The fourth-order valence-corrected chi connectivity index (χ4v) is 3.06. The van der Waals surface area contributed by atoms with Gasteiger partial charge < -0.3 is 10.6 Å². The minimum Gasteiger partial charge on any atom is -0.327 e. The molecule has 0 aromatic heterocycles. The maximum atomic E-state index is 6.20. The van der Waals surface area contributed by atoms with Gasteiger partial charge in [0.25, 0.3) is 0 Å². The molecule has 3 unspecified atom stereocenters. The molecule has 2 N–H and O–H groups in total. The van der Waals surface area contributed by atoms with Crippen molar-refractivity contribution in [3.05, 3.63) is 0 Å². The van der Waals surface area contributed by atoms with Crippen molar-refractivity contribution in [1.82, 2.24) is 4.90 Å². The molecule has 0 radical (unpaired) electrons. The summed E-state index contributed by atoms with van der Waals surface area (Å²) in [6.45, 7) is 15.3. The van der Waals surface area contributed by atoms with Gasteiger partial charge in [0, 0.05) is 12.6 Å². The SMILES string of the molecule is CCN(CC)CC1CCC(N)C(C)C1(C)C. The lowest BCUT2D eigenvalue weighted by molar-refractivity contribution is 0.0307.